The zero-order chi connectivity index (χ0) is 16.3. The first kappa shape index (κ1) is 18.0. The van der Waals surface area contributed by atoms with Crippen LogP contribution in [0.15, 0.2) is 12.7 Å². The van der Waals surface area contributed by atoms with Crippen molar-refractivity contribution in [2.75, 3.05) is 0 Å². The summed E-state index contributed by atoms with van der Waals surface area (Å²) < 4.78 is 14.7. The Labute approximate surface area is 138 Å². The van der Waals surface area contributed by atoms with Gasteiger partial charge >= 0.3 is 0 Å². The summed E-state index contributed by atoms with van der Waals surface area (Å²) in [6.45, 7) is 13.0. The van der Waals surface area contributed by atoms with Gasteiger partial charge in [0.2, 0.25) is 0 Å². The highest BCUT2D eigenvalue weighted by atomic mass is 19.1. The molecule has 0 heterocycles. The summed E-state index contributed by atoms with van der Waals surface area (Å²) >= 11 is 0. The van der Waals surface area contributed by atoms with Gasteiger partial charge in [-0.3, -0.25) is 0 Å². The SMILES string of the molecule is C=CC1CC(C)C(F)C(CC)C1CC1CC1CC(CC)CC. The van der Waals surface area contributed by atoms with Crippen LogP contribution in [0, 0.1) is 41.4 Å². The first-order chi connectivity index (χ1) is 10.5. The third-order valence-electron chi connectivity index (χ3n) is 6.91. The van der Waals surface area contributed by atoms with Crippen molar-refractivity contribution in [3.05, 3.63) is 12.7 Å². The molecule has 0 aromatic heterocycles. The molecule has 0 aromatic rings. The Hall–Kier alpha value is -0.330. The summed E-state index contributed by atoms with van der Waals surface area (Å²) in [4.78, 5) is 0. The number of alkyl halides is 1. The fraction of sp³-hybridized carbons (Fsp3) is 0.905. The van der Waals surface area contributed by atoms with Crippen LogP contribution in [0.3, 0.4) is 0 Å². The third-order valence-corrected chi connectivity index (χ3v) is 6.91. The Balaban J connectivity index is 1.93. The van der Waals surface area contributed by atoms with Crippen LogP contribution in [-0.4, -0.2) is 6.17 Å². The minimum Gasteiger partial charge on any atom is -0.247 e. The van der Waals surface area contributed by atoms with Gasteiger partial charge in [-0.1, -0.05) is 53.0 Å². The fourth-order valence-corrected chi connectivity index (χ4v) is 5.15. The molecule has 0 radical (unpaired) electrons. The van der Waals surface area contributed by atoms with E-state index in [4.69, 9.17) is 0 Å². The smallest absolute Gasteiger partial charge is 0.106 e. The molecule has 7 atom stereocenters. The number of allylic oxidation sites excluding steroid dienone is 1. The van der Waals surface area contributed by atoms with E-state index in [0.717, 1.165) is 30.6 Å². The molecule has 2 rings (SSSR count). The highest BCUT2D eigenvalue weighted by molar-refractivity contribution is 5.00. The van der Waals surface area contributed by atoms with Gasteiger partial charge in [0.15, 0.2) is 0 Å². The molecule has 1 heteroatoms. The number of halogens is 1. The van der Waals surface area contributed by atoms with Gasteiger partial charge < -0.3 is 0 Å². The molecule has 0 amide bonds. The Morgan fingerprint density at radius 2 is 1.77 bits per heavy atom. The van der Waals surface area contributed by atoms with Crippen molar-refractivity contribution in [1.82, 2.24) is 0 Å². The lowest BCUT2D eigenvalue weighted by atomic mass is 9.64. The van der Waals surface area contributed by atoms with Gasteiger partial charge in [-0.05, 0) is 67.1 Å². The van der Waals surface area contributed by atoms with E-state index >= 15 is 0 Å². The molecule has 0 aliphatic heterocycles. The summed E-state index contributed by atoms with van der Waals surface area (Å²) in [5, 5.41) is 0. The van der Waals surface area contributed by atoms with Crippen molar-refractivity contribution in [2.24, 2.45) is 41.4 Å². The molecule has 0 bridgehead atoms. The molecular formula is C21H37F. The monoisotopic (exact) mass is 308 g/mol. The van der Waals surface area contributed by atoms with E-state index in [9.17, 15) is 4.39 Å². The van der Waals surface area contributed by atoms with E-state index in [0.29, 0.717) is 11.8 Å². The average Bonchev–Trinajstić information content (AvgIpc) is 3.26. The molecule has 2 aliphatic carbocycles. The van der Waals surface area contributed by atoms with E-state index < -0.39 is 6.17 Å². The summed E-state index contributed by atoms with van der Waals surface area (Å²) in [7, 11) is 0. The molecule has 0 N–H and O–H groups in total. The Kier molecular flexibility index (Phi) is 6.53. The van der Waals surface area contributed by atoms with E-state index in [1.54, 1.807) is 0 Å². The van der Waals surface area contributed by atoms with Crippen LogP contribution in [0.25, 0.3) is 0 Å². The fourth-order valence-electron chi connectivity index (χ4n) is 5.15. The van der Waals surface area contributed by atoms with Crippen LogP contribution in [-0.2, 0) is 0 Å². The van der Waals surface area contributed by atoms with E-state index in [2.05, 4.69) is 40.3 Å². The lowest BCUT2D eigenvalue weighted by Gasteiger charge is -2.42. The zero-order valence-electron chi connectivity index (χ0n) is 15.2. The van der Waals surface area contributed by atoms with Crippen molar-refractivity contribution in [2.45, 2.75) is 78.8 Å². The number of rotatable bonds is 8. The largest absolute Gasteiger partial charge is 0.247 e. The van der Waals surface area contributed by atoms with Gasteiger partial charge in [0, 0.05) is 0 Å². The minimum absolute atomic E-state index is 0.212. The maximum Gasteiger partial charge on any atom is 0.106 e. The van der Waals surface area contributed by atoms with Crippen LogP contribution in [0.5, 0.6) is 0 Å². The predicted octanol–water partition coefficient (Wildman–Crippen LogP) is 6.66. The van der Waals surface area contributed by atoms with Crippen molar-refractivity contribution in [1.29, 1.82) is 0 Å². The summed E-state index contributed by atoms with van der Waals surface area (Å²) in [5.41, 5.74) is 0. The maximum atomic E-state index is 14.7. The molecule has 0 spiro atoms. The molecule has 0 nitrogen and oxygen atoms in total. The molecular weight excluding hydrogens is 271 g/mol. The quantitative estimate of drug-likeness (QED) is 0.440. The van der Waals surface area contributed by atoms with Crippen molar-refractivity contribution in [3.63, 3.8) is 0 Å². The molecule has 0 saturated heterocycles. The predicted molar refractivity (Wildman–Crippen MR) is 94.5 cm³/mol. The summed E-state index contributed by atoms with van der Waals surface area (Å²) in [6.07, 6.45) is 10.2. The molecule has 2 saturated carbocycles. The van der Waals surface area contributed by atoms with Gasteiger partial charge in [-0.2, -0.15) is 0 Å². The molecule has 2 aliphatic rings. The second kappa shape index (κ2) is 7.97. The van der Waals surface area contributed by atoms with Crippen molar-refractivity contribution in [3.8, 4) is 0 Å². The van der Waals surface area contributed by atoms with E-state index in [-0.39, 0.29) is 11.8 Å². The second-order valence-corrected chi connectivity index (χ2v) is 8.20. The molecule has 22 heavy (non-hydrogen) atoms. The van der Waals surface area contributed by atoms with Crippen LogP contribution in [0.1, 0.15) is 72.6 Å². The topological polar surface area (TPSA) is 0 Å². The molecule has 0 aromatic carbocycles. The molecule has 7 unspecified atom stereocenters. The van der Waals surface area contributed by atoms with Crippen LogP contribution >= 0.6 is 0 Å². The highest BCUT2D eigenvalue weighted by Gasteiger charge is 2.46. The molecule has 128 valence electrons. The lowest BCUT2D eigenvalue weighted by Crippen LogP contribution is -2.40. The van der Waals surface area contributed by atoms with Crippen molar-refractivity contribution < 1.29 is 4.39 Å². The standard InChI is InChI=1S/C21H37F/c1-6-15(7-2)11-17-12-18(17)13-20-16(8-3)10-14(5)21(22)19(20)9-4/h8,14-21H,3,6-7,9-13H2,1-2,4-5H3. The lowest BCUT2D eigenvalue weighted by molar-refractivity contribution is 0.0233. The normalized spacial score (nSPS) is 41.6. The van der Waals surface area contributed by atoms with Gasteiger partial charge in [0.25, 0.3) is 0 Å². The molecule has 2 fully saturated rings. The zero-order valence-corrected chi connectivity index (χ0v) is 15.2. The van der Waals surface area contributed by atoms with Crippen molar-refractivity contribution >= 4 is 0 Å². The Morgan fingerprint density at radius 3 is 2.32 bits per heavy atom. The van der Waals surface area contributed by atoms with Crippen LogP contribution in [0.2, 0.25) is 0 Å². The highest BCUT2D eigenvalue weighted by Crippen LogP contribution is 2.53. The third kappa shape index (κ3) is 3.95. The first-order valence-corrected chi connectivity index (χ1v) is 9.82. The van der Waals surface area contributed by atoms with E-state index in [1.165, 1.54) is 32.1 Å². The average molecular weight is 309 g/mol. The number of hydrogen-bond donors (Lipinski definition) is 0. The van der Waals surface area contributed by atoms with Crippen LogP contribution in [0.4, 0.5) is 4.39 Å². The minimum atomic E-state index is -0.595. The Bertz CT molecular complexity index is 346. The van der Waals surface area contributed by atoms with E-state index in [1.807, 2.05) is 0 Å². The van der Waals surface area contributed by atoms with Gasteiger partial charge in [-0.15, -0.1) is 6.58 Å². The van der Waals surface area contributed by atoms with Gasteiger partial charge in [-0.25, -0.2) is 4.39 Å². The maximum absolute atomic E-state index is 14.7. The number of hydrogen-bond acceptors (Lipinski definition) is 0. The Morgan fingerprint density at radius 1 is 1.09 bits per heavy atom. The van der Waals surface area contributed by atoms with Crippen LogP contribution < -0.4 is 0 Å². The van der Waals surface area contributed by atoms with Gasteiger partial charge in [0.05, 0.1) is 0 Å². The summed E-state index contributed by atoms with van der Waals surface area (Å²) in [5.74, 6) is 4.29. The second-order valence-electron chi connectivity index (χ2n) is 8.20. The summed E-state index contributed by atoms with van der Waals surface area (Å²) in [6, 6.07) is 0. The van der Waals surface area contributed by atoms with Gasteiger partial charge in [0.1, 0.15) is 6.17 Å². The first-order valence-electron chi connectivity index (χ1n) is 9.82.